The van der Waals surface area contributed by atoms with E-state index >= 15 is 0 Å². The molecular weight excluding hydrogens is 290 g/mol. The van der Waals surface area contributed by atoms with Crippen LogP contribution in [0.5, 0.6) is 0 Å². The standard InChI is InChI=1S/2O.Sn.Ti.Zr/q2*-2;3*+4. The number of hydrogen-bond donors (Lipinski definition) is 0. The second kappa shape index (κ2) is 33.3. The van der Waals surface area contributed by atoms with E-state index in [1.54, 1.807) is 0 Å². The maximum Gasteiger partial charge on any atom is 4.00 e. The van der Waals surface area contributed by atoms with E-state index in [1.807, 2.05) is 0 Å². The van der Waals surface area contributed by atoms with Gasteiger partial charge in [0.1, 0.15) is 0 Å². The molecule has 0 aliphatic rings. The Morgan fingerprint density at radius 3 is 0.800 bits per heavy atom. The molecule has 0 saturated carbocycles. The Labute approximate surface area is 81.7 Å². The molecule has 0 atom stereocenters. The van der Waals surface area contributed by atoms with Crippen molar-refractivity contribution in [3.63, 3.8) is 0 Å². The Morgan fingerprint density at radius 1 is 0.800 bits per heavy atom. The average Bonchev–Trinajstić information content (AvgIpc) is 0. The molecule has 0 fully saturated rings. The zero-order valence-corrected chi connectivity index (χ0v) is 9.19. The first-order chi connectivity index (χ1) is 0. The van der Waals surface area contributed by atoms with Gasteiger partial charge in [-0.25, -0.2) is 0 Å². The fourth-order valence-corrected chi connectivity index (χ4v) is 0. The minimum Gasteiger partial charge on any atom is -2.00 e. The summed E-state index contributed by atoms with van der Waals surface area (Å²) in [6, 6.07) is 0. The smallest absolute Gasteiger partial charge is 2.00 e. The predicted octanol–water partition coefficient (Wildman–Crippen LogP) is -0.623. The third-order valence-corrected chi connectivity index (χ3v) is 0. The summed E-state index contributed by atoms with van der Waals surface area (Å²) < 4.78 is 0. The monoisotopic (exact) mass is 290 g/mol. The summed E-state index contributed by atoms with van der Waals surface area (Å²) in [6.07, 6.45) is 0. The zero-order chi connectivity index (χ0) is 0. The SMILES string of the molecule is [O-2].[O-2].[Sn+4].[Ti+4].[Zr+4]. The Kier molecular flexibility index (Phi) is 362. The van der Waals surface area contributed by atoms with Crippen molar-refractivity contribution in [2.45, 2.75) is 0 Å². The molecular formula is O2SnTiZr+8. The largest absolute Gasteiger partial charge is 4.00 e. The molecule has 0 aromatic heterocycles. The van der Waals surface area contributed by atoms with Crippen LogP contribution in [0, 0.1) is 0 Å². The van der Waals surface area contributed by atoms with Crippen LogP contribution in [-0.4, -0.2) is 23.9 Å². The van der Waals surface area contributed by atoms with Gasteiger partial charge in [0.25, 0.3) is 0 Å². The summed E-state index contributed by atoms with van der Waals surface area (Å²) >= 11 is 0. The zero-order valence-electron chi connectivity index (χ0n) is 2.32. The summed E-state index contributed by atoms with van der Waals surface area (Å²) in [5, 5.41) is 0. The van der Waals surface area contributed by atoms with Gasteiger partial charge in [-0.1, -0.05) is 0 Å². The van der Waals surface area contributed by atoms with E-state index in [0.29, 0.717) is 0 Å². The van der Waals surface area contributed by atoms with Crippen molar-refractivity contribution in [2.24, 2.45) is 0 Å². The van der Waals surface area contributed by atoms with Crippen molar-refractivity contribution < 1.29 is 58.9 Å². The van der Waals surface area contributed by atoms with E-state index in [-0.39, 0.29) is 82.8 Å². The molecule has 0 rings (SSSR count). The van der Waals surface area contributed by atoms with Crippen LogP contribution in [-0.2, 0) is 58.9 Å². The Balaban J connectivity index is 0. The molecule has 5 heavy (non-hydrogen) atoms. The number of hydrogen-bond acceptors (Lipinski definition) is 0. The molecule has 0 aromatic rings. The summed E-state index contributed by atoms with van der Waals surface area (Å²) in [6.45, 7) is 0. The summed E-state index contributed by atoms with van der Waals surface area (Å²) in [5.74, 6) is 0. The maximum atomic E-state index is 0. The Hall–Kier alpha value is 2.32. The molecule has 16 valence electrons. The molecule has 0 amide bonds. The van der Waals surface area contributed by atoms with E-state index in [9.17, 15) is 0 Å². The van der Waals surface area contributed by atoms with Crippen molar-refractivity contribution in [3.8, 4) is 0 Å². The Morgan fingerprint density at radius 2 is 0.800 bits per heavy atom. The summed E-state index contributed by atoms with van der Waals surface area (Å²) in [7, 11) is 0. The van der Waals surface area contributed by atoms with Crippen LogP contribution < -0.4 is 0 Å². The van der Waals surface area contributed by atoms with E-state index in [0.717, 1.165) is 0 Å². The molecule has 0 N–H and O–H groups in total. The predicted molar refractivity (Wildman–Crippen MR) is 7.13 cm³/mol. The molecule has 0 bridgehead atoms. The molecule has 0 aromatic carbocycles. The van der Waals surface area contributed by atoms with Crippen molar-refractivity contribution >= 4 is 23.9 Å². The molecule has 0 aliphatic heterocycles. The molecule has 0 spiro atoms. The van der Waals surface area contributed by atoms with E-state index in [4.69, 9.17) is 0 Å². The first-order valence-electron chi connectivity index (χ1n) is 0. The normalized spacial score (nSPS) is 0. The van der Waals surface area contributed by atoms with Crippen LogP contribution in [0.1, 0.15) is 0 Å². The van der Waals surface area contributed by atoms with Gasteiger partial charge in [-0.15, -0.1) is 0 Å². The van der Waals surface area contributed by atoms with E-state index in [2.05, 4.69) is 0 Å². The van der Waals surface area contributed by atoms with Gasteiger partial charge in [0, 0.05) is 0 Å². The van der Waals surface area contributed by atoms with Crippen LogP contribution >= 0.6 is 0 Å². The van der Waals surface area contributed by atoms with Crippen molar-refractivity contribution in [1.29, 1.82) is 0 Å². The van der Waals surface area contributed by atoms with Gasteiger partial charge >= 0.3 is 71.8 Å². The van der Waals surface area contributed by atoms with Crippen LogP contribution in [0.2, 0.25) is 0 Å². The van der Waals surface area contributed by atoms with Crippen LogP contribution in [0.15, 0.2) is 0 Å². The van der Waals surface area contributed by atoms with Gasteiger partial charge in [0.15, 0.2) is 0 Å². The van der Waals surface area contributed by atoms with Crippen LogP contribution in [0.3, 0.4) is 0 Å². The van der Waals surface area contributed by atoms with Crippen LogP contribution in [0.25, 0.3) is 0 Å². The molecule has 0 heterocycles. The van der Waals surface area contributed by atoms with Crippen molar-refractivity contribution in [2.75, 3.05) is 0 Å². The minimum absolute atomic E-state index is 0. The third-order valence-electron chi connectivity index (χ3n) is 0. The number of rotatable bonds is 0. The van der Waals surface area contributed by atoms with Gasteiger partial charge < -0.3 is 11.0 Å². The molecule has 0 radical (unpaired) electrons. The summed E-state index contributed by atoms with van der Waals surface area (Å²) in [4.78, 5) is 0. The minimum atomic E-state index is 0. The fourth-order valence-electron chi connectivity index (χ4n) is 0. The van der Waals surface area contributed by atoms with E-state index < -0.39 is 0 Å². The maximum absolute atomic E-state index is 0. The van der Waals surface area contributed by atoms with Gasteiger partial charge in [-0.3, -0.25) is 0 Å². The fraction of sp³-hybridized carbons (Fsp3) is 0. The summed E-state index contributed by atoms with van der Waals surface area (Å²) in [5.41, 5.74) is 0. The first kappa shape index (κ1) is 54.4. The second-order valence-corrected chi connectivity index (χ2v) is 0. The Bertz CT molecular complexity index is 9.61. The van der Waals surface area contributed by atoms with Gasteiger partial charge in [-0.2, -0.15) is 0 Å². The van der Waals surface area contributed by atoms with Crippen molar-refractivity contribution in [3.05, 3.63) is 0 Å². The molecule has 0 aliphatic carbocycles. The topological polar surface area (TPSA) is 57.0 Å². The third kappa shape index (κ3) is 21.9. The molecule has 0 unspecified atom stereocenters. The average molecular weight is 290 g/mol. The first-order valence-corrected chi connectivity index (χ1v) is 0. The van der Waals surface area contributed by atoms with Crippen LogP contribution in [0.4, 0.5) is 0 Å². The van der Waals surface area contributed by atoms with E-state index in [1.165, 1.54) is 0 Å². The molecule has 5 heteroatoms. The second-order valence-electron chi connectivity index (χ2n) is 0. The molecule has 0 saturated heterocycles. The van der Waals surface area contributed by atoms with Gasteiger partial charge in [0.05, 0.1) is 0 Å². The van der Waals surface area contributed by atoms with Crippen molar-refractivity contribution in [1.82, 2.24) is 0 Å². The quantitative estimate of drug-likeness (QED) is 0.534. The van der Waals surface area contributed by atoms with Gasteiger partial charge in [0.2, 0.25) is 0 Å². The van der Waals surface area contributed by atoms with Gasteiger partial charge in [-0.05, 0) is 0 Å². The molecule has 2 nitrogen and oxygen atoms in total.